The second kappa shape index (κ2) is 5.02. The van der Waals surface area contributed by atoms with Gasteiger partial charge in [0.2, 0.25) is 0 Å². The van der Waals surface area contributed by atoms with Gasteiger partial charge in [-0.15, -0.1) is 12.4 Å². The van der Waals surface area contributed by atoms with E-state index in [0.717, 1.165) is 12.1 Å². The Bertz CT molecular complexity index is 349. The van der Waals surface area contributed by atoms with Crippen LogP contribution in [-0.4, -0.2) is 5.84 Å². The lowest BCUT2D eigenvalue weighted by molar-refractivity contribution is -0.137. The molecule has 0 aliphatic carbocycles. The van der Waals surface area contributed by atoms with Crippen LogP contribution in [0.3, 0.4) is 0 Å². The van der Waals surface area contributed by atoms with Crippen molar-refractivity contribution in [2.45, 2.75) is 12.6 Å². The lowest BCUT2D eigenvalue weighted by Gasteiger charge is -2.07. The molecule has 0 saturated heterocycles. The van der Waals surface area contributed by atoms with Gasteiger partial charge in [-0.3, -0.25) is 5.41 Å². The molecular formula is C9H10ClF3N2. The zero-order valence-electron chi connectivity index (χ0n) is 7.64. The third kappa shape index (κ3) is 4.20. The molecule has 0 heterocycles. The van der Waals surface area contributed by atoms with E-state index in [2.05, 4.69) is 0 Å². The van der Waals surface area contributed by atoms with Gasteiger partial charge in [0, 0.05) is 6.42 Å². The van der Waals surface area contributed by atoms with Crippen LogP contribution in [-0.2, 0) is 12.6 Å². The number of rotatable bonds is 2. The maximum atomic E-state index is 12.2. The fraction of sp³-hybridized carbons (Fsp3) is 0.222. The molecule has 15 heavy (non-hydrogen) atoms. The van der Waals surface area contributed by atoms with Crippen molar-refractivity contribution in [1.29, 1.82) is 5.41 Å². The normalized spacial score (nSPS) is 10.6. The average molecular weight is 239 g/mol. The summed E-state index contributed by atoms with van der Waals surface area (Å²) in [6.07, 6.45) is -4.29. The van der Waals surface area contributed by atoms with E-state index in [-0.39, 0.29) is 24.7 Å². The third-order valence-corrected chi connectivity index (χ3v) is 1.65. The molecule has 0 bridgehead atoms. The highest BCUT2D eigenvalue weighted by Gasteiger charge is 2.30. The summed E-state index contributed by atoms with van der Waals surface area (Å²) in [4.78, 5) is 0. The van der Waals surface area contributed by atoms with E-state index in [1.165, 1.54) is 12.1 Å². The van der Waals surface area contributed by atoms with E-state index in [4.69, 9.17) is 11.1 Å². The van der Waals surface area contributed by atoms with Gasteiger partial charge in [0.1, 0.15) is 0 Å². The number of nitrogens with one attached hydrogen (secondary N) is 1. The first-order valence-corrected chi connectivity index (χ1v) is 3.88. The second-order valence-corrected chi connectivity index (χ2v) is 2.90. The number of halogens is 4. The maximum Gasteiger partial charge on any atom is 0.416 e. The van der Waals surface area contributed by atoms with E-state index in [1.807, 2.05) is 0 Å². The van der Waals surface area contributed by atoms with Gasteiger partial charge in [0.05, 0.1) is 11.4 Å². The molecule has 3 N–H and O–H groups in total. The quantitative estimate of drug-likeness (QED) is 0.604. The molecule has 1 aromatic rings. The smallest absolute Gasteiger partial charge is 0.387 e. The summed E-state index contributed by atoms with van der Waals surface area (Å²) in [7, 11) is 0. The summed E-state index contributed by atoms with van der Waals surface area (Å²) in [5.74, 6) is -0.149. The molecule has 0 aliphatic heterocycles. The van der Waals surface area contributed by atoms with Gasteiger partial charge in [-0.05, 0) is 11.6 Å². The first-order valence-electron chi connectivity index (χ1n) is 3.88. The number of benzene rings is 1. The van der Waals surface area contributed by atoms with Crippen molar-refractivity contribution >= 4 is 18.2 Å². The maximum absolute atomic E-state index is 12.2. The molecule has 84 valence electrons. The summed E-state index contributed by atoms with van der Waals surface area (Å²) in [5.41, 5.74) is 4.77. The first kappa shape index (κ1) is 13.8. The predicted octanol–water partition coefficient (Wildman–Crippen LogP) is 2.61. The van der Waals surface area contributed by atoms with Crippen molar-refractivity contribution < 1.29 is 13.2 Å². The zero-order valence-corrected chi connectivity index (χ0v) is 8.45. The molecule has 6 heteroatoms. The topological polar surface area (TPSA) is 49.9 Å². The molecule has 0 fully saturated rings. The minimum absolute atomic E-state index is 0. The Morgan fingerprint density at radius 3 is 2.40 bits per heavy atom. The Hall–Kier alpha value is -1.23. The number of hydrogen-bond donors (Lipinski definition) is 2. The minimum atomic E-state index is -4.34. The Morgan fingerprint density at radius 2 is 1.93 bits per heavy atom. The number of hydrogen-bond acceptors (Lipinski definition) is 1. The van der Waals surface area contributed by atoms with Crippen LogP contribution in [0.25, 0.3) is 0 Å². The highest BCUT2D eigenvalue weighted by atomic mass is 35.5. The van der Waals surface area contributed by atoms with E-state index in [9.17, 15) is 13.2 Å². The van der Waals surface area contributed by atoms with Gasteiger partial charge in [-0.1, -0.05) is 18.2 Å². The van der Waals surface area contributed by atoms with Crippen LogP contribution in [0.2, 0.25) is 0 Å². The van der Waals surface area contributed by atoms with Crippen molar-refractivity contribution in [2.75, 3.05) is 0 Å². The molecule has 0 atom stereocenters. The fourth-order valence-electron chi connectivity index (χ4n) is 1.08. The average Bonchev–Trinajstić information content (AvgIpc) is 2.01. The summed E-state index contributed by atoms with van der Waals surface area (Å²) in [6, 6.07) is 4.81. The summed E-state index contributed by atoms with van der Waals surface area (Å²) in [5, 5.41) is 6.95. The lowest BCUT2D eigenvalue weighted by Crippen LogP contribution is -2.13. The summed E-state index contributed by atoms with van der Waals surface area (Å²) in [6.45, 7) is 0. The van der Waals surface area contributed by atoms with Crippen molar-refractivity contribution in [3.63, 3.8) is 0 Å². The van der Waals surface area contributed by atoms with E-state index >= 15 is 0 Å². The van der Waals surface area contributed by atoms with Crippen LogP contribution >= 0.6 is 12.4 Å². The Balaban J connectivity index is 0.00000196. The van der Waals surface area contributed by atoms with Gasteiger partial charge in [0.15, 0.2) is 0 Å². The summed E-state index contributed by atoms with van der Waals surface area (Å²) >= 11 is 0. The Morgan fingerprint density at radius 1 is 1.33 bits per heavy atom. The Kier molecular flexibility index (Phi) is 4.61. The third-order valence-electron chi connectivity index (χ3n) is 1.65. The van der Waals surface area contributed by atoms with Crippen molar-refractivity contribution in [1.82, 2.24) is 0 Å². The molecule has 0 saturated carbocycles. The van der Waals surface area contributed by atoms with Crippen LogP contribution in [0.5, 0.6) is 0 Å². The number of alkyl halides is 3. The molecule has 1 aromatic carbocycles. The molecule has 1 rings (SSSR count). The second-order valence-electron chi connectivity index (χ2n) is 2.90. The van der Waals surface area contributed by atoms with Crippen molar-refractivity contribution in [3.05, 3.63) is 35.4 Å². The van der Waals surface area contributed by atoms with Gasteiger partial charge in [-0.2, -0.15) is 13.2 Å². The Labute approximate surface area is 91.2 Å². The van der Waals surface area contributed by atoms with Gasteiger partial charge in [0.25, 0.3) is 0 Å². The van der Waals surface area contributed by atoms with Gasteiger partial charge in [-0.25, -0.2) is 0 Å². The van der Waals surface area contributed by atoms with E-state index in [1.54, 1.807) is 0 Å². The van der Waals surface area contributed by atoms with Crippen molar-refractivity contribution in [3.8, 4) is 0 Å². The summed E-state index contributed by atoms with van der Waals surface area (Å²) < 4.78 is 36.7. The molecule has 0 radical (unpaired) electrons. The van der Waals surface area contributed by atoms with Crippen LogP contribution < -0.4 is 5.73 Å². The van der Waals surface area contributed by atoms with Gasteiger partial charge < -0.3 is 5.73 Å². The van der Waals surface area contributed by atoms with E-state index in [0.29, 0.717) is 5.56 Å². The van der Waals surface area contributed by atoms with Crippen LogP contribution in [0.15, 0.2) is 24.3 Å². The monoisotopic (exact) mass is 238 g/mol. The van der Waals surface area contributed by atoms with Crippen LogP contribution in [0.1, 0.15) is 11.1 Å². The fourth-order valence-corrected chi connectivity index (χ4v) is 1.08. The minimum Gasteiger partial charge on any atom is -0.387 e. The standard InChI is InChI=1S/C9H9F3N2.ClH/c10-9(11,12)7-3-1-2-6(4-7)5-8(13)14;/h1-4H,5H2,(H3,13,14);1H. The molecule has 0 aliphatic rings. The largest absolute Gasteiger partial charge is 0.416 e. The molecule has 2 nitrogen and oxygen atoms in total. The first-order chi connectivity index (χ1) is 6.39. The molecule has 0 spiro atoms. The zero-order chi connectivity index (χ0) is 10.8. The SMILES string of the molecule is Cl.N=C(N)Cc1cccc(C(F)(F)F)c1. The molecular weight excluding hydrogens is 229 g/mol. The van der Waals surface area contributed by atoms with Gasteiger partial charge >= 0.3 is 6.18 Å². The van der Waals surface area contributed by atoms with Crippen molar-refractivity contribution in [2.24, 2.45) is 5.73 Å². The molecule has 0 unspecified atom stereocenters. The number of nitrogens with two attached hydrogens (primary N) is 1. The molecule has 0 amide bonds. The highest BCUT2D eigenvalue weighted by Crippen LogP contribution is 2.29. The molecule has 0 aromatic heterocycles. The van der Waals surface area contributed by atoms with Crippen LogP contribution in [0, 0.1) is 5.41 Å². The highest BCUT2D eigenvalue weighted by molar-refractivity contribution is 5.85. The lowest BCUT2D eigenvalue weighted by atomic mass is 10.1. The predicted molar refractivity (Wildman–Crippen MR) is 54.3 cm³/mol. The number of amidine groups is 1. The van der Waals surface area contributed by atoms with Crippen LogP contribution in [0.4, 0.5) is 13.2 Å². The van der Waals surface area contributed by atoms with E-state index < -0.39 is 11.7 Å².